The number of alkyl halides is 3. The molecule has 0 unspecified atom stereocenters. The lowest BCUT2D eigenvalue weighted by Gasteiger charge is -2.40. The van der Waals surface area contributed by atoms with Gasteiger partial charge in [0, 0.05) is 50.8 Å². The van der Waals surface area contributed by atoms with E-state index in [1.165, 1.54) is 24.1 Å². The number of likely N-dealkylation sites (tertiary alicyclic amines) is 1. The third-order valence-electron chi connectivity index (χ3n) is 9.34. The second-order valence-electron chi connectivity index (χ2n) is 12.3. The van der Waals surface area contributed by atoms with Gasteiger partial charge in [0.2, 0.25) is 0 Å². The highest BCUT2D eigenvalue weighted by Gasteiger charge is 2.64. The lowest BCUT2D eigenvalue weighted by Crippen LogP contribution is -2.58. The number of halogens is 4. The van der Waals surface area contributed by atoms with E-state index in [4.69, 9.17) is 16.3 Å². The Morgan fingerprint density at radius 1 is 0.957 bits per heavy atom. The number of amides is 2. The van der Waals surface area contributed by atoms with E-state index in [1.807, 2.05) is 36.4 Å². The van der Waals surface area contributed by atoms with Crippen molar-refractivity contribution >= 4 is 29.4 Å². The van der Waals surface area contributed by atoms with E-state index in [2.05, 4.69) is 0 Å². The third-order valence-corrected chi connectivity index (χ3v) is 9.67. The molecule has 2 aliphatic rings. The number of methoxy groups -OCH3 is 1. The molecule has 0 spiro atoms. The van der Waals surface area contributed by atoms with E-state index in [0.717, 1.165) is 17.3 Å². The van der Waals surface area contributed by atoms with E-state index in [9.17, 15) is 27.6 Å². The molecule has 0 saturated carbocycles. The largest absolute Gasteiger partial charge is 0.467 e. The quantitative estimate of drug-likeness (QED) is 0.212. The van der Waals surface area contributed by atoms with Crippen molar-refractivity contribution in [1.82, 2.24) is 14.4 Å². The van der Waals surface area contributed by atoms with Gasteiger partial charge in [0.1, 0.15) is 5.69 Å². The molecule has 0 bridgehead atoms. The number of hydrogen-bond acceptors (Lipinski definition) is 4. The Labute approximate surface area is 275 Å². The lowest BCUT2D eigenvalue weighted by molar-refractivity contribution is -0.153. The monoisotopic (exact) mass is 663 g/mol. The highest BCUT2D eigenvalue weighted by molar-refractivity contribution is 6.31. The van der Waals surface area contributed by atoms with Crippen molar-refractivity contribution in [3.05, 3.63) is 129 Å². The number of fused-ring (bicyclic) bond motifs is 3. The zero-order chi connectivity index (χ0) is 33.7. The van der Waals surface area contributed by atoms with Crippen molar-refractivity contribution in [2.24, 2.45) is 5.92 Å². The number of carbonyl (C=O) groups excluding carboxylic acids is 3. The molecule has 11 heteroatoms. The molecular weight excluding hydrogens is 631 g/mol. The van der Waals surface area contributed by atoms with Crippen LogP contribution in [0.3, 0.4) is 0 Å². The Balaban J connectivity index is 1.53. The fraction of sp³-hybridized carbons (Fsp3) is 0.306. The molecule has 4 aromatic rings. The molecule has 7 nitrogen and oxygen atoms in total. The molecule has 1 aliphatic carbocycles. The van der Waals surface area contributed by atoms with E-state index in [-0.39, 0.29) is 42.9 Å². The summed E-state index contributed by atoms with van der Waals surface area (Å²) < 4.78 is 48.5. The number of nitrogens with zero attached hydrogens (tertiary/aromatic N) is 3. The van der Waals surface area contributed by atoms with Crippen molar-refractivity contribution < 1.29 is 32.3 Å². The van der Waals surface area contributed by atoms with Crippen LogP contribution >= 0.6 is 11.6 Å². The number of rotatable bonds is 7. The van der Waals surface area contributed by atoms with Gasteiger partial charge < -0.3 is 19.1 Å². The predicted molar refractivity (Wildman–Crippen MR) is 170 cm³/mol. The molecule has 1 fully saturated rings. The van der Waals surface area contributed by atoms with Gasteiger partial charge in [-0.3, -0.25) is 9.59 Å². The summed E-state index contributed by atoms with van der Waals surface area (Å²) in [6.45, 7) is 0.214. The van der Waals surface area contributed by atoms with Gasteiger partial charge in [0.25, 0.3) is 11.8 Å². The first-order valence-electron chi connectivity index (χ1n) is 15.2. The van der Waals surface area contributed by atoms with E-state index < -0.39 is 34.2 Å². The summed E-state index contributed by atoms with van der Waals surface area (Å²) in [5, 5.41) is -0.412. The Bertz CT molecular complexity index is 1840. The van der Waals surface area contributed by atoms with E-state index in [1.54, 1.807) is 53.9 Å². The van der Waals surface area contributed by atoms with Crippen LogP contribution in [0.15, 0.2) is 84.9 Å². The molecule has 1 aromatic heterocycles. The average molecular weight is 664 g/mol. The fourth-order valence-corrected chi connectivity index (χ4v) is 7.59. The Morgan fingerprint density at radius 2 is 1.62 bits per heavy atom. The minimum absolute atomic E-state index is 0.0273. The van der Waals surface area contributed by atoms with E-state index in [0.29, 0.717) is 23.1 Å². The zero-order valence-corrected chi connectivity index (χ0v) is 26.8. The summed E-state index contributed by atoms with van der Waals surface area (Å²) in [7, 11) is 4.50. The Kier molecular flexibility index (Phi) is 8.42. The Morgan fingerprint density at radius 3 is 2.23 bits per heavy atom. The van der Waals surface area contributed by atoms with Gasteiger partial charge in [0.15, 0.2) is 5.54 Å². The van der Waals surface area contributed by atoms with Crippen molar-refractivity contribution in [2.75, 3.05) is 27.7 Å². The normalized spacial score (nSPS) is 20.1. The lowest BCUT2D eigenvalue weighted by atomic mass is 9.75. The number of ether oxygens (including phenoxy) is 1. The molecule has 2 heterocycles. The standard InChI is InChI=1S/C36H33ClF3N3O4/c1-41(2)33(45)30-18-26-29(42(30)20-23-14-15-28(37)27(16-23)36(38,39)40)17-25-21-43(32(44)24-12-8-5-9-13-24)35(31(25)26,34(46)47-3)19-22-10-6-4-7-11-22/h4-16,18,25,31H,17,19-21H2,1-3H3/t25-,31+,35+/m0/s1. The molecular formula is C36H33ClF3N3O4. The number of hydrogen-bond donors (Lipinski definition) is 0. The fourth-order valence-electron chi connectivity index (χ4n) is 7.37. The van der Waals surface area contributed by atoms with Crippen LogP contribution in [-0.2, 0) is 35.1 Å². The Hall–Kier alpha value is -4.57. The third kappa shape index (κ3) is 5.58. The van der Waals surface area contributed by atoms with Crippen LogP contribution < -0.4 is 0 Å². The van der Waals surface area contributed by atoms with Crippen LogP contribution in [0.1, 0.15) is 54.7 Å². The van der Waals surface area contributed by atoms with Crippen molar-refractivity contribution in [2.45, 2.75) is 37.0 Å². The second kappa shape index (κ2) is 12.2. The first-order chi connectivity index (χ1) is 22.4. The van der Waals surface area contributed by atoms with Crippen molar-refractivity contribution in [3.63, 3.8) is 0 Å². The van der Waals surface area contributed by atoms with Crippen LogP contribution in [0.4, 0.5) is 13.2 Å². The first kappa shape index (κ1) is 32.4. The first-order valence-corrected chi connectivity index (χ1v) is 15.5. The van der Waals surface area contributed by atoms with Gasteiger partial charge in [-0.05, 0) is 59.4 Å². The van der Waals surface area contributed by atoms with Gasteiger partial charge in [-0.25, -0.2) is 4.79 Å². The molecule has 3 aromatic carbocycles. The van der Waals surface area contributed by atoms with Gasteiger partial charge in [-0.2, -0.15) is 13.2 Å². The molecule has 244 valence electrons. The second-order valence-corrected chi connectivity index (χ2v) is 12.7. The van der Waals surface area contributed by atoms with Crippen molar-refractivity contribution in [3.8, 4) is 0 Å². The van der Waals surface area contributed by atoms with Crippen LogP contribution in [0.2, 0.25) is 5.02 Å². The highest BCUT2D eigenvalue weighted by Crippen LogP contribution is 2.55. The maximum atomic E-state index is 14.2. The number of aromatic nitrogens is 1. The maximum absolute atomic E-state index is 14.2. The number of benzene rings is 3. The minimum atomic E-state index is -4.66. The molecule has 1 aliphatic heterocycles. The van der Waals surface area contributed by atoms with Crippen LogP contribution in [-0.4, -0.2) is 65.4 Å². The topological polar surface area (TPSA) is 71.9 Å². The van der Waals surface area contributed by atoms with Crippen LogP contribution in [0.25, 0.3) is 0 Å². The summed E-state index contributed by atoms with van der Waals surface area (Å²) in [6.07, 6.45) is -4.10. The average Bonchev–Trinajstić information content (AvgIpc) is 3.69. The maximum Gasteiger partial charge on any atom is 0.417 e. The van der Waals surface area contributed by atoms with Gasteiger partial charge in [0.05, 0.1) is 17.7 Å². The molecule has 0 radical (unpaired) electrons. The van der Waals surface area contributed by atoms with Gasteiger partial charge in [-0.1, -0.05) is 66.2 Å². The predicted octanol–water partition coefficient (Wildman–Crippen LogP) is 6.48. The van der Waals surface area contributed by atoms with E-state index >= 15 is 0 Å². The summed E-state index contributed by atoms with van der Waals surface area (Å²) in [5.41, 5.74) is 0.855. The van der Waals surface area contributed by atoms with Crippen LogP contribution in [0, 0.1) is 5.92 Å². The minimum Gasteiger partial charge on any atom is -0.467 e. The molecule has 47 heavy (non-hydrogen) atoms. The zero-order valence-electron chi connectivity index (χ0n) is 26.1. The molecule has 2 amide bonds. The number of carbonyl (C=O) groups is 3. The summed E-state index contributed by atoms with van der Waals surface area (Å²) in [6, 6.07) is 23.6. The summed E-state index contributed by atoms with van der Waals surface area (Å²) in [4.78, 5) is 45.0. The molecule has 3 atom stereocenters. The molecule has 6 rings (SSSR count). The summed E-state index contributed by atoms with van der Waals surface area (Å²) >= 11 is 5.91. The molecule has 1 saturated heterocycles. The number of esters is 1. The summed E-state index contributed by atoms with van der Waals surface area (Å²) in [5.74, 6) is -2.01. The van der Waals surface area contributed by atoms with Gasteiger partial charge in [-0.15, -0.1) is 0 Å². The molecule has 0 N–H and O–H groups in total. The van der Waals surface area contributed by atoms with Crippen molar-refractivity contribution in [1.29, 1.82) is 0 Å². The smallest absolute Gasteiger partial charge is 0.417 e. The SMILES string of the molecule is COC(=O)[C@@]1(Cc2ccccc2)[C@H]2c3cc(C(=O)N(C)C)n(Cc4ccc(Cl)c(C(F)(F)F)c4)c3C[C@H]2CN1C(=O)c1ccccc1. The van der Waals surface area contributed by atoms with Crippen LogP contribution in [0.5, 0.6) is 0 Å². The highest BCUT2D eigenvalue weighted by atomic mass is 35.5. The van der Waals surface area contributed by atoms with Gasteiger partial charge >= 0.3 is 12.1 Å².